The number of benzene rings is 2. The summed E-state index contributed by atoms with van der Waals surface area (Å²) in [5.41, 5.74) is 3.62. The number of hydrogen-bond acceptors (Lipinski definition) is 2. The molecular formula is C16H15N3O. The van der Waals surface area contributed by atoms with E-state index in [4.69, 9.17) is 0 Å². The van der Waals surface area contributed by atoms with Crippen LogP contribution >= 0.6 is 0 Å². The van der Waals surface area contributed by atoms with Gasteiger partial charge in [-0.25, -0.2) is 4.98 Å². The van der Waals surface area contributed by atoms with Crippen molar-refractivity contribution in [2.45, 2.75) is 6.92 Å². The normalized spacial score (nSPS) is 10.7. The predicted octanol–water partition coefficient (Wildman–Crippen LogP) is 3.13. The highest BCUT2D eigenvalue weighted by Gasteiger charge is 2.11. The van der Waals surface area contributed by atoms with E-state index in [2.05, 4.69) is 10.3 Å². The molecule has 0 saturated carbocycles. The molecule has 0 spiro atoms. The Hall–Kier alpha value is -2.62. The van der Waals surface area contributed by atoms with Crippen molar-refractivity contribution in [2.24, 2.45) is 7.05 Å². The molecule has 0 radical (unpaired) electrons. The molecule has 1 aromatic heterocycles. The quantitative estimate of drug-likeness (QED) is 0.773. The smallest absolute Gasteiger partial charge is 0.257 e. The van der Waals surface area contributed by atoms with Gasteiger partial charge in [-0.05, 0) is 31.2 Å². The second-order valence-electron chi connectivity index (χ2n) is 4.80. The summed E-state index contributed by atoms with van der Waals surface area (Å²) in [4.78, 5) is 16.6. The number of rotatable bonds is 2. The molecule has 1 amide bonds. The highest BCUT2D eigenvalue weighted by molar-refractivity contribution is 6.04. The Kier molecular flexibility index (Phi) is 2.99. The fraction of sp³-hybridized carbons (Fsp3) is 0.125. The summed E-state index contributed by atoms with van der Waals surface area (Å²) in [6.07, 6.45) is 0. The van der Waals surface area contributed by atoms with E-state index < -0.39 is 0 Å². The van der Waals surface area contributed by atoms with Gasteiger partial charge in [-0.2, -0.15) is 0 Å². The lowest BCUT2D eigenvalue weighted by Crippen LogP contribution is -2.14. The van der Waals surface area contributed by atoms with E-state index in [1.54, 1.807) is 0 Å². The van der Waals surface area contributed by atoms with Crippen LogP contribution in [0.1, 0.15) is 15.9 Å². The van der Waals surface area contributed by atoms with Crippen LogP contribution in [0.4, 0.5) is 5.95 Å². The summed E-state index contributed by atoms with van der Waals surface area (Å²) in [7, 11) is 1.89. The van der Waals surface area contributed by atoms with Gasteiger partial charge in [0, 0.05) is 12.6 Å². The lowest BCUT2D eigenvalue weighted by molar-refractivity contribution is 0.102. The van der Waals surface area contributed by atoms with Crippen molar-refractivity contribution in [3.8, 4) is 0 Å². The number of fused-ring (bicyclic) bond motifs is 1. The second kappa shape index (κ2) is 4.81. The van der Waals surface area contributed by atoms with Crippen LogP contribution < -0.4 is 5.32 Å². The summed E-state index contributed by atoms with van der Waals surface area (Å²) in [6.45, 7) is 1.99. The molecule has 1 N–H and O–H groups in total. The first-order chi connectivity index (χ1) is 9.65. The van der Waals surface area contributed by atoms with Gasteiger partial charge in [-0.1, -0.05) is 29.8 Å². The van der Waals surface area contributed by atoms with Crippen molar-refractivity contribution in [1.29, 1.82) is 0 Å². The molecule has 0 saturated heterocycles. The fourth-order valence-electron chi connectivity index (χ4n) is 2.14. The molecular weight excluding hydrogens is 250 g/mol. The molecule has 0 aliphatic carbocycles. The van der Waals surface area contributed by atoms with E-state index in [-0.39, 0.29) is 5.91 Å². The Morgan fingerprint density at radius 2 is 1.80 bits per heavy atom. The van der Waals surface area contributed by atoms with E-state index >= 15 is 0 Å². The zero-order valence-electron chi connectivity index (χ0n) is 11.4. The minimum atomic E-state index is -0.150. The molecule has 0 fully saturated rings. The van der Waals surface area contributed by atoms with Crippen molar-refractivity contribution in [2.75, 3.05) is 5.32 Å². The third kappa shape index (κ3) is 2.16. The number of carbonyl (C=O) groups is 1. The molecule has 4 heteroatoms. The van der Waals surface area contributed by atoms with Gasteiger partial charge in [0.25, 0.3) is 5.91 Å². The highest BCUT2D eigenvalue weighted by Crippen LogP contribution is 2.18. The van der Waals surface area contributed by atoms with Crippen LogP contribution in [0.3, 0.4) is 0 Å². The Morgan fingerprint density at radius 3 is 2.50 bits per heavy atom. The summed E-state index contributed by atoms with van der Waals surface area (Å²) in [5, 5.41) is 2.85. The first kappa shape index (κ1) is 12.4. The number of amides is 1. The number of anilines is 1. The van der Waals surface area contributed by atoms with Gasteiger partial charge >= 0.3 is 0 Å². The topological polar surface area (TPSA) is 46.9 Å². The number of carbonyl (C=O) groups excluding carboxylic acids is 1. The van der Waals surface area contributed by atoms with Gasteiger partial charge in [0.2, 0.25) is 5.95 Å². The van der Waals surface area contributed by atoms with Gasteiger partial charge in [0.1, 0.15) is 0 Å². The lowest BCUT2D eigenvalue weighted by Gasteiger charge is -2.05. The maximum atomic E-state index is 12.2. The van der Waals surface area contributed by atoms with E-state index in [1.807, 2.05) is 67.1 Å². The van der Waals surface area contributed by atoms with Crippen molar-refractivity contribution in [3.05, 3.63) is 59.7 Å². The monoisotopic (exact) mass is 265 g/mol. The molecule has 3 rings (SSSR count). The minimum Gasteiger partial charge on any atom is -0.313 e. The molecule has 100 valence electrons. The molecule has 0 bridgehead atoms. The van der Waals surface area contributed by atoms with Gasteiger partial charge < -0.3 is 4.57 Å². The predicted molar refractivity (Wildman–Crippen MR) is 79.8 cm³/mol. The van der Waals surface area contributed by atoms with Crippen molar-refractivity contribution < 1.29 is 4.79 Å². The molecule has 0 aliphatic rings. The Bertz CT molecular complexity index is 772. The summed E-state index contributed by atoms with van der Waals surface area (Å²) < 4.78 is 1.88. The number of nitrogens with zero attached hydrogens (tertiary/aromatic N) is 2. The van der Waals surface area contributed by atoms with Crippen LogP contribution in [-0.4, -0.2) is 15.5 Å². The number of nitrogens with one attached hydrogen (secondary N) is 1. The minimum absolute atomic E-state index is 0.150. The maximum Gasteiger partial charge on any atom is 0.257 e. The van der Waals surface area contributed by atoms with Crippen LogP contribution in [0.25, 0.3) is 11.0 Å². The van der Waals surface area contributed by atoms with Gasteiger partial charge in [-0.3, -0.25) is 10.1 Å². The maximum absolute atomic E-state index is 12.2. The molecule has 0 atom stereocenters. The van der Waals surface area contributed by atoms with E-state index in [9.17, 15) is 4.79 Å². The first-order valence-electron chi connectivity index (χ1n) is 6.44. The summed E-state index contributed by atoms with van der Waals surface area (Å²) >= 11 is 0. The number of hydrogen-bond donors (Lipinski definition) is 1. The molecule has 0 unspecified atom stereocenters. The number of aromatic nitrogens is 2. The lowest BCUT2D eigenvalue weighted by atomic mass is 10.1. The van der Waals surface area contributed by atoms with Crippen LogP contribution in [0.5, 0.6) is 0 Å². The van der Waals surface area contributed by atoms with Crippen LogP contribution in [-0.2, 0) is 7.05 Å². The third-order valence-electron chi connectivity index (χ3n) is 3.33. The van der Waals surface area contributed by atoms with E-state index in [0.717, 1.165) is 16.6 Å². The zero-order valence-corrected chi connectivity index (χ0v) is 11.4. The largest absolute Gasteiger partial charge is 0.313 e. The van der Waals surface area contributed by atoms with Crippen LogP contribution in [0, 0.1) is 6.92 Å². The third-order valence-corrected chi connectivity index (χ3v) is 3.33. The van der Waals surface area contributed by atoms with E-state index in [1.165, 1.54) is 0 Å². The number of imidazole rings is 1. The standard InChI is InChI=1S/C16H15N3O/c1-11-7-9-12(10-8-11)15(20)18-16-17-13-5-3-4-6-14(13)19(16)2/h3-10H,1-2H3,(H,17,18,20). The molecule has 0 aliphatic heterocycles. The average Bonchev–Trinajstić information content (AvgIpc) is 2.77. The zero-order chi connectivity index (χ0) is 14.1. The van der Waals surface area contributed by atoms with Crippen LogP contribution in [0.2, 0.25) is 0 Å². The Morgan fingerprint density at radius 1 is 1.10 bits per heavy atom. The van der Waals surface area contributed by atoms with Crippen molar-refractivity contribution in [1.82, 2.24) is 9.55 Å². The number of aryl methyl sites for hydroxylation is 2. The molecule has 4 nitrogen and oxygen atoms in total. The van der Waals surface area contributed by atoms with Crippen molar-refractivity contribution >= 4 is 22.9 Å². The molecule has 20 heavy (non-hydrogen) atoms. The Balaban J connectivity index is 1.91. The molecule has 3 aromatic rings. The van der Waals surface area contributed by atoms with Gasteiger partial charge in [0.05, 0.1) is 11.0 Å². The first-order valence-corrected chi connectivity index (χ1v) is 6.44. The fourth-order valence-corrected chi connectivity index (χ4v) is 2.14. The molecule has 1 heterocycles. The average molecular weight is 265 g/mol. The van der Waals surface area contributed by atoms with Gasteiger partial charge in [0.15, 0.2) is 0 Å². The SMILES string of the molecule is Cc1ccc(C(=O)Nc2nc3ccccc3n2C)cc1. The summed E-state index contributed by atoms with van der Waals surface area (Å²) in [5.74, 6) is 0.403. The van der Waals surface area contributed by atoms with E-state index in [0.29, 0.717) is 11.5 Å². The number of para-hydroxylation sites is 2. The Labute approximate surface area is 117 Å². The van der Waals surface area contributed by atoms with Gasteiger partial charge in [-0.15, -0.1) is 0 Å². The van der Waals surface area contributed by atoms with Crippen molar-refractivity contribution in [3.63, 3.8) is 0 Å². The highest BCUT2D eigenvalue weighted by atomic mass is 16.1. The second-order valence-corrected chi connectivity index (χ2v) is 4.80. The molecule has 2 aromatic carbocycles. The summed E-state index contributed by atoms with van der Waals surface area (Å²) in [6, 6.07) is 15.3. The van der Waals surface area contributed by atoms with Crippen LogP contribution in [0.15, 0.2) is 48.5 Å².